The molecular weight excluding hydrogens is 352 g/mol. The molecule has 0 saturated heterocycles. The summed E-state index contributed by atoms with van der Waals surface area (Å²) in [5.74, 6) is -0.932. The average Bonchev–Trinajstić information content (AvgIpc) is 2.50. The van der Waals surface area contributed by atoms with Crippen molar-refractivity contribution < 1.29 is 18.3 Å². The van der Waals surface area contributed by atoms with E-state index in [4.69, 9.17) is 11.5 Å². The molecule has 2 aromatic rings. The lowest BCUT2D eigenvalue weighted by atomic mass is 10.2. The van der Waals surface area contributed by atoms with Crippen molar-refractivity contribution in [3.63, 3.8) is 0 Å². The second-order valence-electron chi connectivity index (χ2n) is 5.33. The van der Waals surface area contributed by atoms with E-state index in [-0.39, 0.29) is 33.9 Å². The molecule has 0 aliphatic heterocycles. The molecule has 0 amide bonds. The molecule has 132 valence electrons. The van der Waals surface area contributed by atoms with Crippen molar-refractivity contribution in [2.45, 2.75) is 11.5 Å². The fourth-order valence-electron chi connectivity index (χ4n) is 2.23. The number of hydrogen-bond acceptors (Lipinski definition) is 8. The van der Waals surface area contributed by atoms with Crippen LogP contribution in [-0.4, -0.2) is 18.3 Å². The quantitative estimate of drug-likeness (QED) is 0.442. The van der Waals surface area contributed by atoms with Crippen LogP contribution in [0.25, 0.3) is 0 Å². The van der Waals surface area contributed by atoms with E-state index < -0.39 is 31.2 Å². The molecule has 0 spiro atoms. The minimum absolute atomic E-state index is 0.0692. The summed E-state index contributed by atoms with van der Waals surface area (Å²) in [5.41, 5.74) is 10.4. The molecule has 0 aromatic heterocycles. The topological polar surface area (TPSA) is 172 Å². The van der Waals surface area contributed by atoms with E-state index in [0.717, 1.165) is 12.1 Å². The number of nitrogens with zero attached hydrogens (tertiary/aromatic N) is 2. The van der Waals surface area contributed by atoms with Crippen LogP contribution in [-0.2, 0) is 21.3 Å². The Morgan fingerprint density at radius 1 is 0.800 bits per heavy atom. The molecule has 0 aliphatic rings. The molecule has 0 heterocycles. The van der Waals surface area contributed by atoms with Gasteiger partial charge in [-0.1, -0.05) is 12.1 Å². The first-order chi connectivity index (χ1) is 11.6. The Morgan fingerprint density at radius 2 is 1.16 bits per heavy atom. The number of rotatable bonds is 6. The second-order valence-corrected chi connectivity index (χ2v) is 7.40. The van der Waals surface area contributed by atoms with Gasteiger partial charge in [0.25, 0.3) is 11.4 Å². The van der Waals surface area contributed by atoms with E-state index in [0.29, 0.717) is 0 Å². The van der Waals surface area contributed by atoms with Gasteiger partial charge >= 0.3 is 0 Å². The molecule has 0 aliphatic carbocycles. The fourth-order valence-corrected chi connectivity index (χ4v) is 3.71. The third kappa shape index (κ3) is 4.41. The highest BCUT2D eigenvalue weighted by Gasteiger charge is 2.19. The molecule has 2 rings (SSSR count). The van der Waals surface area contributed by atoms with E-state index in [1.807, 2.05) is 0 Å². The van der Waals surface area contributed by atoms with Crippen molar-refractivity contribution >= 4 is 32.6 Å². The minimum atomic E-state index is -3.73. The van der Waals surface area contributed by atoms with E-state index in [1.54, 1.807) is 0 Å². The number of nitrogen functional groups attached to an aromatic ring is 2. The summed E-state index contributed by atoms with van der Waals surface area (Å²) in [5, 5.41) is 21.7. The SMILES string of the molecule is Nc1ccc(CS(=O)(=O)Cc2ccc(N)c([N+](=O)[O-])c2)cc1[N+](=O)[O-]. The van der Waals surface area contributed by atoms with Gasteiger partial charge in [-0.05, 0) is 23.3 Å². The Bertz CT molecular complexity index is 886. The van der Waals surface area contributed by atoms with Crippen molar-refractivity contribution in [3.8, 4) is 0 Å². The van der Waals surface area contributed by atoms with Gasteiger partial charge in [0.05, 0.1) is 21.4 Å². The maximum Gasteiger partial charge on any atom is 0.292 e. The maximum atomic E-state index is 12.3. The van der Waals surface area contributed by atoms with Gasteiger partial charge in [-0.3, -0.25) is 20.2 Å². The van der Waals surface area contributed by atoms with Crippen molar-refractivity contribution in [2.24, 2.45) is 0 Å². The van der Waals surface area contributed by atoms with Crippen LogP contribution in [0.3, 0.4) is 0 Å². The largest absolute Gasteiger partial charge is 0.393 e. The lowest BCUT2D eigenvalue weighted by Crippen LogP contribution is -2.09. The molecule has 0 unspecified atom stereocenters. The highest BCUT2D eigenvalue weighted by molar-refractivity contribution is 7.89. The highest BCUT2D eigenvalue weighted by atomic mass is 32.2. The zero-order valence-corrected chi connectivity index (χ0v) is 13.6. The first-order valence-corrected chi connectivity index (χ1v) is 8.67. The summed E-state index contributed by atoms with van der Waals surface area (Å²) >= 11 is 0. The standard InChI is InChI=1S/C14H14N4O6S/c15-11-3-1-9(5-13(11)17(19)20)7-25(23,24)8-10-2-4-12(16)14(6-10)18(21)22/h1-6H,7-8,15-16H2. The Kier molecular flexibility index (Phi) is 4.88. The molecular formula is C14H14N4O6S. The molecule has 0 fully saturated rings. The molecule has 10 nitrogen and oxygen atoms in total. The van der Waals surface area contributed by atoms with E-state index in [9.17, 15) is 28.6 Å². The summed E-state index contributed by atoms with van der Waals surface area (Å²) in [7, 11) is -3.73. The number of nitro groups is 2. The van der Waals surface area contributed by atoms with E-state index in [2.05, 4.69) is 0 Å². The smallest absolute Gasteiger partial charge is 0.292 e. The zero-order chi connectivity index (χ0) is 18.8. The van der Waals surface area contributed by atoms with Gasteiger partial charge in [-0.15, -0.1) is 0 Å². The van der Waals surface area contributed by atoms with Crippen LogP contribution in [0, 0.1) is 20.2 Å². The summed E-state index contributed by atoms with van der Waals surface area (Å²) in [6, 6.07) is 7.47. The van der Waals surface area contributed by atoms with Gasteiger partial charge in [-0.25, -0.2) is 8.42 Å². The van der Waals surface area contributed by atoms with Crippen LogP contribution in [0.4, 0.5) is 22.7 Å². The Morgan fingerprint density at radius 3 is 1.48 bits per heavy atom. The number of nitrogens with two attached hydrogens (primary N) is 2. The predicted octanol–water partition coefficient (Wildman–Crippen LogP) is 1.78. The highest BCUT2D eigenvalue weighted by Crippen LogP contribution is 2.26. The van der Waals surface area contributed by atoms with Gasteiger partial charge < -0.3 is 11.5 Å². The number of anilines is 2. The van der Waals surface area contributed by atoms with Crippen LogP contribution >= 0.6 is 0 Å². The maximum absolute atomic E-state index is 12.3. The van der Waals surface area contributed by atoms with Gasteiger partial charge in [0.2, 0.25) is 0 Å². The zero-order valence-electron chi connectivity index (χ0n) is 12.8. The molecule has 0 radical (unpaired) electrons. The fraction of sp³-hybridized carbons (Fsp3) is 0.143. The van der Waals surface area contributed by atoms with Crippen molar-refractivity contribution in [1.82, 2.24) is 0 Å². The first-order valence-electron chi connectivity index (χ1n) is 6.85. The van der Waals surface area contributed by atoms with Gasteiger partial charge in [0.15, 0.2) is 9.84 Å². The molecule has 25 heavy (non-hydrogen) atoms. The van der Waals surface area contributed by atoms with Gasteiger partial charge in [-0.2, -0.15) is 0 Å². The van der Waals surface area contributed by atoms with Gasteiger partial charge in [0.1, 0.15) is 11.4 Å². The number of benzene rings is 2. The summed E-state index contributed by atoms with van der Waals surface area (Å²) in [4.78, 5) is 20.3. The van der Waals surface area contributed by atoms with Gasteiger partial charge in [0, 0.05) is 12.1 Å². The van der Waals surface area contributed by atoms with Crippen molar-refractivity contribution in [3.05, 3.63) is 67.8 Å². The Hall–Kier alpha value is -3.21. The average molecular weight is 366 g/mol. The van der Waals surface area contributed by atoms with Crippen LogP contribution in [0.15, 0.2) is 36.4 Å². The molecule has 11 heteroatoms. The molecule has 0 bridgehead atoms. The molecule has 4 N–H and O–H groups in total. The minimum Gasteiger partial charge on any atom is -0.393 e. The first kappa shape index (κ1) is 18.1. The summed E-state index contributed by atoms with van der Waals surface area (Å²) < 4.78 is 24.6. The predicted molar refractivity (Wildman–Crippen MR) is 91.3 cm³/mol. The molecule has 2 aromatic carbocycles. The lowest BCUT2D eigenvalue weighted by Gasteiger charge is -2.07. The van der Waals surface area contributed by atoms with Crippen LogP contribution in [0.5, 0.6) is 0 Å². The lowest BCUT2D eigenvalue weighted by molar-refractivity contribution is -0.384. The number of hydrogen-bond donors (Lipinski definition) is 2. The third-order valence-corrected chi connectivity index (χ3v) is 4.90. The van der Waals surface area contributed by atoms with Crippen molar-refractivity contribution in [2.75, 3.05) is 11.5 Å². The Labute approximate surface area is 142 Å². The van der Waals surface area contributed by atoms with Crippen LogP contribution in [0.2, 0.25) is 0 Å². The van der Waals surface area contributed by atoms with Crippen LogP contribution < -0.4 is 11.5 Å². The number of sulfone groups is 1. The van der Waals surface area contributed by atoms with E-state index >= 15 is 0 Å². The van der Waals surface area contributed by atoms with Crippen LogP contribution in [0.1, 0.15) is 11.1 Å². The summed E-state index contributed by atoms with van der Waals surface area (Å²) in [6.45, 7) is 0. The molecule has 0 saturated carbocycles. The normalized spacial score (nSPS) is 11.2. The third-order valence-electron chi connectivity index (χ3n) is 3.36. The summed E-state index contributed by atoms with van der Waals surface area (Å²) in [6.07, 6.45) is 0. The Balaban J connectivity index is 2.26. The van der Waals surface area contributed by atoms with E-state index in [1.165, 1.54) is 24.3 Å². The molecule has 0 atom stereocenters. The monoisotopic (exact) mass is 366 g/mol. The van der Waals surface area contributed by atoms with Crippen molar-refractivity contribution in [1.29, 1.82) is 0 Å². The second kappa shape index (κ2) is 6.73. The number of nitro benzene ring substituents is 2.